The fourth-order valence-electron chi connectivity index (χ4n) is 1.81. The van der Waals surface area contributed by atoms with E-state index in [1.54, 1.807) is 13.8 Å². The molecule has 118 valence electrons. The van der Waals surface area contributed by atoms with Gasteiger partial charge in [0, 0.05) is 0 Å². The molecule has 2 rings (SSSR count). The Bertz CT molecular complexity index is 551. The second-order valence-corrected chi connectivity index (χ2v) is 6.74. The molecule has 0 aliphatic heterocycles. The second-order valence-electron chi connectivity index (χ2n) is 5.12. The molecule has 0 saturated carbocycles. The van der Waals surface area contributed by atoms with Gasteiger partial charge < -0.3 is 0 Å². The van der Waals surface area contributed by atoms with Crippen molar-refractivity contribution in [2.45, 2.75) is 33.2 Å². The molecule has 0 amide bonds. The van der Waals surface area contributed by atoms with E-state index in [1.807, 2.05) is 60.7 Å². The van der Waals surface area contributed by atoms with E-state index in [2.05, 4.69) is 0 Å². The number of phosphoric acid groups is 1. The van der Waals surface area contributed by atoms with E-state index in [-0.39, 0.29) is 19.3 Å². The number of phosphoric ester groups is 1. The fraction of sp³-hybridized carbons (Fsp3) is 0.294. The molecule has 2 aromatic carbocycles. The van der Waals surface area contributed by atoms with Gasteiger partial charge in [-0.1, -0.05) is 60.7 Å². The summed E-state index contributed by atoms with van der Waals surface area (Å²) in [5.74, 6) is 0. The maximum Gasteiger partial charge on any atom is 0.475 e. The van der Waals surface area contributed by atoms with E-state index in [9.17, 15) is 4.57 Å². The fourth-order valence-corrected chi connectivity index (χ4v) is 3.14. The van der Waals surface area contributed by atoms with E-state index in [0.29, 0.717) is 0 Å². The van der Waals surface area contributed by atoms with Gasteiger partial charge in [0.15, 0.2) is 0 Å². The highest BCUT2D eigenvalue weighted by atomic mass is 31.2. The number of hydrogen-bond donors (Lipinski definition) is 0. The van der Waals surface area contributed by atoms with Crippen molar-refractivity contribution in [3.8, 4) is 0 Å². The second kappa shape index (κ2) is 8.25. The van der Waals surface area contributed by atoms with E-state index < -0.39 is 7.82 Å². The first-order chi connectivity index (χ1) is 10.6. The smallest absolute Gasteiger partial charge is 0.284 e. The molecule has 0 atom stereocenters. The first-order valence-electron chi connectivity index (χ1n) is 7.23. The highest BCUT2D eigenvalue weighted by molar-refractivity contribution is 7.48. The summed E-state index contributed by atoms with van der Waals surface area (Å²) in [4.78, 5) is 0. The SMILES string of the molecule is CC(C)OP(=O)(OCc1ccccc1)OCc1ccccc1. The Balaban J connectivity index is 1.98. The summed E-state index contributed by atoms with van der Waals surface area (Å²) in [6.07, 6.45) is -0.252. The molecule has 0 spiro atoms. The Morgan fingerprint density at radius 2 is 1.23 bits per heavy atom. The van der Waals surface area contributed by atoms with Gasteiger partial charge in [-0.05, 0) is 25.0 Å². The van der Waals surface area contributed by atoms with Crippen LogP contribution in [-0.4, -0.2) is 6.10 Å². The summed E-state index contributed by atoms with van der Waals surface area (Å²) in [6.45, 7) is 3.95. The van der Waals surface area contributed by atoms with Crippen LogP contribution in [0, 0.1) is 0 Å². The molecule has 0 bridgehead atoms. The lowest BCUT2D eigenvalue weighted by Gasteiger charge is -2.20. The predicted octanol–water partition coefficient (Wildman–Crippen LogP) is 4.95. The van der Waals surface area contributed by atoms with Crippen LogP contribution in [0.1, 0.15) is 25.0 Å². The van der Waals surface area contributed by atoms with Gasteiger partial charge in [-0.2, -0.15) is 0 Å². The monoisotopic (exact) mass is 320 g/mol. The molecule has 4 nitrogen and oxygen atoms in total. The van der Waals surface area contributed by atoms with Crippen molar-refractivity contribution in [1.82, 2.24) is 0 Å². The molecule has 0 unspecified atom stereocenters. The van der Waals surface area contributed by atoms with Gasteiger partial charge in [-0.15, -0.1) is 0 Å². The van der Waals surface area contributed by atoms with Crippen LogP contribution in [0.25, 0.3) is 0 Å². The van der Waals surface area contributed by atoms with E-state index in [0.717, 1.165) is 11.1 Å². The maximum absolute atomic E-state index is 12.7. The molecule has 0 saturated heterocycles. The van der Waals surface area contributed by atoms with E-state index >= 15 is 0 Å². The third-order valence-corrected chi connectivity index (χ3v) is 4.37. The average Bonchev–Trinajstić information content (AvgIpc) is 2.53. The molecule has 0 aliphatic rings. The summed E-state index contributed by atoms with van der Waals surface area (Å²) >= 11 is 0. The summed E-state index contributed by atoms with van der Waals surface area (Å²) < 4.78 is 29.0. The van der Waals surface area contributed by atoms with E-state index in [4.69, 9.17) is 13.6 Å². The quantitative estimate of drug-likeness (QED) is 0.645. The highest BCUT2D eigenvalue weighted by Gasteiger charge is 2.28. The van der Waals surface area contributed by atoms with Crippen molar-refractivity contribution in [3.05, 3.63) is 71.8 Å². The van der Waals surface area contributed by atoms with Crippen LogP contribution in [0.3, 0.4) is 0 Å². The standard InChI is InChI=1S/C17H21O4P/c1-15(2)21-22(18,19-13-16-9-5-3-6-10-16)20-14-17-11-7-4-8-12-17/h3-12,15H,13-14H2,1-2H3. The predicted molar refractivity (Wildman–Crippen MR) is 86.3 cm³/mol. The Hall–Kier alpha value is -1.45. The van der Waals surface area contributed by atoms with Gasteiger partial charge in [0.25, 0.3) is 0 Å². The van der Waals surface area contributed by atoms with Crippen LogP contribution < -0.4 is 0 Å². The maximum atomic E-state index is 12.7. The van der Waals surface area contributed by atoms with Gasteiger partial charge in [0.05, 0.1) is 19.3 Å². The average molecular weight is 320 g/mol. The Labute approximate surface area is 131 Å². The minimum atomic E-state index is -3.61. The topological polar surface area (TPSA) is 44.8 Å². The van der Waals surface area contributed by atoms with Crippen molar-refractivity contribution in [3.63, 3.8) is 0 Å². The first-order valence-corrected chi connectivity index (χ1v) is 8.69. The van der Waals surface area contributed by atoms with Gasteiger partial charge in [-0.3, -0.25) is 13.6 Å². The van der Waals surface area contributed by atoms with Gasteiger partial charge in [0.1, 0.15) is 0 Å². The Morgan fingerprint density at radius 3 is 1.59 bits per heavy atom. The van der Waals surface area contributed by atoms with Crippen LogP contribution in [0.2, 0.25) is 0 Å². The molecular formula is C17H21O4P. The van der Waals surface area contributed by atoms with Crippen molar-refractivity contribution < 1.29 is 18.1 Å². The van der Waals surface area contributed by atoms with Crippen LogP contribution in [0.4, 0.5) is 0 Å². The first kappa shape index (κ1) is 16.9. The zero-order valence-corrected chi connectivity index (χ0v) is 13.7. The van der Waals surface area contributed by atoms with Crippen molar-refractivity contribution in [2.24, 2.45) is 0 Å². The number of benzene rings is 2. The third kappa shape index (κ3) is 5.74. The molecule has 2 aromatic rings. The summed E-state index contributed by atoms with van der Waals surface area (Å²) in [5, 5.41) is 0. The molecule has 0 N–H and O–H groups in total. The normalized spacial score (nSPS) is 11.8. The molecule has 0 aromatic heterocycles. The molecular weight excluding hydrogens is 299 g/mol. The molecule has 5 heteroatoms. The number of rotatable bonds is 8. The summed E-state index contributed by atoms with van der Waals surface area (Å²) in [6, 6.07) is 19.0. The largest absolute Gasteiger partial charge is 0.475 e. The van der Waals surface area contributed by atoms with Gasteiger partial charge in [0.2, 0.25) is 0 Å². The molecule has 0 heterocycles. The lowest BCUT2D eigenvalue weighted by Crippen LogP contribution is -2.06. The Kier molecular flexibility index (Phi) is 6.34. The third-order valence-electron chi connectivity index (χ3n) is 2.80. The lowest BCUT2D eigenvalue weighted by molar-refractivity contribution is 0.0819. The van der Waals surface area contributed by atoms with Gasteiger partial charge >= 0.3 is 7.82 Å². The van der Waals surface area contributed by atoms with Crippen LogP contribution in [0.15, 0.2) is 60.7 Å². The summed E-state index contributed by atoms with van der Waals surface area (Å²) in [5.41, 5.74) is 1.83. The number of hydrogen-bond acceptors (Lipinski definition) is 4. The molecule has 0 radical (unpaired) electrons. The zero-order valence-electron chi connectivity index (χ0n) is 12.8. The lowest BCUT2D eigenvalue weighted by atomic mass is 10.2. The molecule has 0 aliphatic carbocycles. The van der Waals surface area contributed by atoms with Gasteiger partial charge in [-0.25, -0.2) is 4.57 Å². The Morgan fingerprint density at radius 1 is 0.818 bits per heavy atom. The zero-order chi connectivity index (χ0) is 15.8. The highest BCUT2D eigenvalue weighted by Crippen LogP contribution is 2.51. The van der Waals surface area contributed by atoms with Crippen LogP contribution in [0.5, 0.6) is 0 Å². The van der Waals surface area contributed by atoms with E-state index in [1.165, 1.54) is 0 Å². The van der Waals surface area contributed by atoms with Crippen molar-refractivity contribution in [1.29, 1.82) is 0 Å². The minimum absolute atomic E-state index is 0.180. The molecule has 0 fully saturated rings. The van der Waals surface area contributed by atoms with Crippen LogP contribution in [-0.2, 0) is 31.4 Å². The minimum Gasteiger partial charge on any atom is -0.284 e. The van der Waals surface area contributed by atoms with Crippen LogP contribution >= 0.6 is 7.82 Å². The summed E-state index contributed by atoms with van der Waals surface area (Å²) in [7, 11) is -3.61. The van der Waals surface area contributed by atoms with Crippen molar-refractivity contribution >= 4 is 7.82 Å². The molecule has 22 heavy (non-hydrogen) atoms. The van der Waals surface area contributed by atoms with Crippen molar-refractivity contribution in [2.75, 3.05) is 0 Å².